The molecule has 1 atom stereocenters. The summed E-state index contributed by atoms with van der Waals surface area (Å²) >= 11 is 1.21. The highest BCUT2D eigenvalue weighted by Crippen LogP contribution is 2.41. The van der Waals surface area contributed by atoms with Crippen LogP contribution in [0.5, 0.6) is 0 Å². The number of hydrogen-bond acceptors (Lipinski definition) is 6. The second-order valence-corrected chi connectivity index (χ2v) is 9.10. The molecule has 0 spiro atoms. The lowest BCUT2D eigenvalue weighted by molar-refractivity contribution is -0.130. The molecule has 1 amide bonds. The minimum absolute atomic E-state index is 0.0519. The largest absolute Gasteiger partial charge is 0.503 e. The van der Waals surface area contributed by atoms with E-state index >= 15 is 0 Å². The van der Waals surface area contributed by atoms with Crippen LogP contribution in [-0.4, -0.2) is 31.7 Å². The molecule has 2 aromatic carbocycles. The van der Waals surface area contributed by atoms with Crippen molar-refractivity contribution in [2.75, 3.05) is 0 Å². The van der Waals surface area contributed by atoms with Gasteiger partial charge in [-0.15, -0.1) is 11.3 Å². The van der Waals surface area contributed by atoms with E-state index in [1.54, 1.807) is 31.3 Å². The highest BCUT2D eigenvalue weighted by Gasteiger charge is 2.44. The molecule has 0 fully saturated rings. The maximum atomic E-state index is 13.8. The SMILES string of the molecule is Cc1nc(-c2ccccc2)sc1C(=O)C1=C(O)C(=O)N(Cc2ccccn2)C1c1ccc(F)cc1. The molecule has 0 saturated heterocycles. The van der Waals surface area contributed by atoms with E-state index in [-0.39, 0.29) is 12.1 Å². The van der Waals surface area contributed by atoms with Crippen molar-refractivity contribution in [3.63, 3.8) is 0 Å². The molecule has 1 N–H and O–H groups in total. The summed E-state index contributed by atoms with van der Waals surface area (Å²) in [5, 5.41) is 11.6. The zero-order chi connectivity index (χ0) is 24.5. The summed E-state index contributed by atoms with van der Waals surface area (Å²) in [5.74, 6) is -2.22. The number of ketones is 1. The standard InChI is InChI=1S/C27H20FN3O3S/c1-16-25(35-26(30-16)18-7-3-2-4-8-18)23(32)21-22(17-10-12-19(28)13-11-17)31(27(34)24(21)33)15-20-9-5-6-14-29-20/h2-14,22,33H,15H2,1H3. The lowest BCUT2D eigenvalue weighted by Crippen LogP contribution is -2.31. The van der Waals surface area contributed by atoms with Crippen LogP contribution in [0.15, 0.2) is 90.3 Å². The second-order valence-electron chi connectivity index (χ2n) is 8.10. The third kappa shape index (κ3) is 4.24. The summed E-state index contributed by atoms with van der Waals surface area (Å²) in [6.45, 7) is 1.79. The van der Waals surface area contributed by atoms with Crippen molar-refractivity contribution >= 4 is 23.0 Å². The van der Waals surface area contributed by atoms with Gasteiger partial charge in [-0.05, 0) is 36.8 Å². The van der Waals surface area contributed by atoms with Crippen LogP contribution in [-0.2, 0) is 11.3 Å². The highest BCUT2D eigenvalue weighted by atomic mass is 32.1. The van der Waals surface area contributed by atoms with Gasteiger partial charge < -0.3 is 10.0 Å². The maximum Gasteiger partial charge on any atom is 0.290 e. The van der Waals surface area contributed by atoms with Gasteiger partial charge in [-0.1, -0.05) is 48.5 Å². The van der Waals surface area contributed by atoms with Gasteiger partial charge in [-0.25, -0.2) is 9.37 Å². The van der Waals surface area contributed by atoms with Crippen LogP contribution >= 0.6 is 11.3 Å². The van der Waals surface area contributed by atoms with E-state index in [1.165, 1.54) is 40.5 Å². The average Bonchev–Trinajstić information content (AvgIpc) is 3.38. The van der Waals surface area contributed by atoms with Gasteiger partial charge in [0.2, 0.25) is 5.78 Å². The summed E-state index contributed by atoms with van der Waals surface area (Å²) in [6.07, 6.45) is 1.61. The molecule has 174 valence electrons. The molecule has 2 aromatic heterocycles. The fraction of sp³-hybridized carbons (Fsp3) is 0.111. The van der Waals surface area contributed by atoms with Gasteiger partial charge in [-0.3, -0.25) is 14.6 Å². The smallest absolute Gasteiger partial charge is 0.290 e. The third-order valence-electron chi connectivity index (χ3n) is 5.82. The Morgan fingerprint density at radius 1 is 1.06 bits per heavy atom. The normalized spacial score (nSPS) is 15.7. The number of halogens is 1. The number of nitrogens with zero attached hydrogens (tertiary/aromatic N) is 3. The maximum absolute atomic E-state index is 13.8. The Labute approximate surface area is 205 Å². The van der Waals surface area contributed by atoms with E-state index in [1.807, 2.05) is 30.3 Å². The molecule has 1 aliphatic heterocycles. The van der Waals surface area contributed by atoms with Gasteiger partial charge in [0.15, 0.2) is 5.76 Å². The number of pyridine rings is 1. The van der Waals surface area contributed by atoms with E-state index in [2.05, 4.69) is 9.97 Å². The topological polar surface area (TPSA) is 83.4 Å². The van der Waals surface area contributed by atoms with Crippen LogP contribution in [0.1, 0.15) is 32.7 Å². The van der Waals surface area contributed by atoms with Crippen LogP contribution in [0, 0.1) is 12.7 Å². The van der Waals surface area contributed by atoms with Gasteiger partial charge in [0.25, 0.3) is 5.91 Å². The zero-order valence-electron chi connectivity index (χ0n) is 18.7. The number of carbonyl (C=O) groups is 2. The Morgan fingerprint density at radius 2 is 1.77 bits per heavy atom. The first kappa shape index (κ1) is 22.6. The van der Waals surface area contributed by atoms with Gasteiger partial charge in [0, 0.05) is 11.8 Å². The monoisotopic (exact) mass is 485 g/mol. The van der Waals surface area contributed by atoms with Gasteiger partial charge >= 0.3 is 0 Å². The number of aryl methyl sites for hydroxylation is 1. The van der Waals surface area contributed by atoms with Crippen LogP contribution < -0.4 is 0 Å². The number of aliphatic hydroxyl groups is 1. The number of amides is 1. The van der Waals surface area contributed by atoms with Crippen molar-refractivity contribution in [3.05, 3.63) is 118 Å². The number of carbonyl (C=O) groups excluding carboxylic acids is 2. The zero-order valence-corrected chi connectivity index (χ0v) is 19.5. The Kier molecular flexibility index (Phi) is 5.96. The minimum Gasteiger partial charge on any atom is -0.503 e. The quantitative estimate of drug-likeness (QED) is 0.368. The first-order valence-corrected chi connectivity index (χ1v) is 11.7. The number of Topliss-reactive ketones (excluding diaryl/α,β-unsaturated/α-hetero) is 1. The predicted octanol–water partition coefficient (Wildman–Crippen LogP) is 5.43. The highest BCUT2D eigenvalue weighted by molar-refractivity contribution is 7.17. The Morgan fingerprint density at radius 3 is 2.46 bits per heavy atom. The molecule has 0 bridgehead atoms. The number of thiazole rings is 1. The number of aromatic nitrogens is 2. The lowest BCUT2D eigenvalue weighted by atomic mass is 9.95. The fourth-order valence-corrected chi connectivity index (χ4v) is 5.17. The molecule has 5 rings (SSSR count). The summed E-state index contributed by atoms with van der Waals surface area (Å²) in [6, 6.07) is 19.4. The first-order chi connectivity index (χ1) is 16.9. The van der Waals surface area contributed by atoms with Crippen molar-refractivity contribution < 1.29 is 19.1 Å². The van der Waals surface area contributed by atoms with Crippen LogP contribution in [0.2, 0.25) is 0 Å². The molecule has 0 radical (unpaired) electrons. The molecule has 6 nitrogen and oxygen atoms in total. The summed E-state index contributed by atoms with van der Waals surface area (Å²) in [5.41, 5.74) is 2.42. The fourth-order valence-electron chi connectivity index (χ4n) is 4.14. The molecule has 1 unspecified atom stereocenters. The first-order valence-electron chi connectivity index (χ1n) is 10.9. The third-order valence-corrected chi connectivity index (χ3v) is 7.02. The molecule has 4 aromatic rings. The minimum atomic E-state index is -0.903. The number of hydrogen-bond donors (Lipinski definition) is 1. The molecule has 0 saturated carbocycles. The number of rotatable bonds is 6. The van der Waals surface area contributed by atoms with Gasteiger partial charge in [0.05, 0.1) is 34.4 Å². The van der Waals surface area contributed by atoms with Gasteiger partial charge in [0.1, 0.15) is 10.8 Å². The summed E-state index contributed by atoms with van der Waals surface area (Å²) in [7, 11) is 0. The van der Waals surface area contributed by atoms with Crippen molar-refractivity contribution in [1.29, 1.82) is 0 Å². The molecule has 35 heavy (non-hydrogen) atoms. The van der Waals surface area contributed by atoms with Gasteiger partial charge in [-0.2, -0.15) is 0 Å². The average molecular weight is 486 g/mol. The van der Waals surface area contributed by atoms with E-state index in [0.717, 1.165) is 5.56 Å². The molecule has 8 heteroatoms. The van der Waals surface area contributed by atoms with E-state index in [4.69, 9.17) is 0 Å². The van der Waals surface area contributed by atoms with E-state index in [9.17, 15) is 19.1 Å². The second kappa shape index (κ2) is 9.23. The van der Waals surface area contributed by atoms with Crippen molar-refractivity contribution in [2.24, 2.45) is 0 Å². The molecular formula is C27H20FN3O3S. The molecule has 3 heterocycles. The lowest BCUT2D eigenvalue weighted by Gasteiger charge is -2.26. The van der Waals surface area contributed by atoms with Crippen LogP contribution in [0.25, 0.3) is 10.6 Å². The number of benzene rings is 2. The Balaban J connectivity index is 1.58. The van der Waals surface area contributed by atoms with E-state index < -0.39 is 29.3 Å². The summed E-state index contributed by atoms with van der Waals surface area (Å²) in [4.78, 5) is 37.5. The predicted molar refractivity (Wildman–Crippen MR) is 130 cm³/mol. The molecule has 0 aliphatic carbocycles. The van der Waals surface area contributed by atoms with Crippen molar-refractivity contribution in [1.82, 2.24) is 14.9 Å². The summed E-state index contributed by atoms with van der Waals surface area (Å²) < 4.78 is 13.7. The molecule has 1 aliphatic rings. The Bertz CT molecular complexity index is 1430. The van der Waals surface area contributed by atoms with Crippen molar-refractivity contribution in [3.8, 4) is 10.6 Å². The molecular weight excluding hydrogens is 465 g/mol. The Hall–Kier alpha value is -4.17. The van der Waals surface area contributed by atoms with Crippen molar-refractivity contribution in [2.45, 2.75) is 19.5 Å². The van der Waals surface area contributed by atoms with E-state index in [0.29, 0.717) is 26.8 Å². The van der Waals surface area contributed by atoms with Crippen LogP contribution in [0.3, 0.4) is 0 Å². The number of aliphatic hydroxyl groups excluding tert-OH is 1. The van der Waals surface area contributed by atoms with Crippen LogP contribution in [0.4, 0.5) is 4.39 Å².